The lowest BCUT2D eigenvalue weighted by Crippen LogP contribution is -2.41. The van der Waals surface area contributed by atoms with Crippen LogP contribution in [0.25, 0.3) is 11.4 Å². The Balaban J connectivity index is 2.07. The molecular weight excluding hydrogens is 294 g/mol. The maximum Gasteiger partial charge on any atom is 0.144 e. The Morgan fingerprint density at radius 2 is 2.13 bits per heavy atom. The van der Waals surface area contributed by atoms with E-state index in [1.165, 1.54) is 0 Å². The summed E-state index contributed by atoms with van der Waals surface area (Å²) in [6, 6.07) is 3.89. The van der Waals surface area contributed by atoms with Crippen molar-refractivity contribution in [1.82, 2.24) is 14.9 Å². The molecular formula is C17H23N3O3. The van der Waals surface area contributed by atoms with Gasteiger partial charge in [0.05, 0.1) is 31.9 Å². The predicted molar refractivity (Wildman–Crippen MR) is 88.0 cm³/mol. The minimum atomic E-state index is -0.429. The fourth-order valence-electron chi connectivity index (χ4n) is 3.28. The number of nitrogens with zero attached hydrogens (tertiary/aromatic N) is 2. The summed E-state index contributed by atoms with van der Waals surface area (Å²) in [6.45, 7) is 3.45. The van der Waals surface area contributed by atoms with E-state index >= 15 is 0 Å². The maximum atomic E-state index is 10.3. The molecule has 1 aliphatic rings. The SMILES string of the molecule is COc1ccc(-c2nccn2[C@H]2CCNC[C@@H]2O)c(OC)c1C. The summed E-state index contributed by atoms with van der Waals surface area (Å²) in [5, 5.41) is 13.5. The fourth-order valence-corrected chi connectivity index (χ4v) is 3.28. The number of β-amino-alcohol motifs (C(OH)–C–C–N with tert-alkyl or cyclic N) is 1. The van der Waals surface area contributed by atoms with Crippen LogP contribution in [0.2, 0.25) is 0 Å². The molecule has 2 aromatic rings. The first-order valence-electron chi connectivity index (χ1n) is 7.81. The third-order valence-electron chi connectivity index (χ3n) is 4.46. The van der Waals surface area contributed by atoms with Gasteiger partial charge in [-0.1, -0.05) is 0 Å². The van der Waals surface area contributed by atoms with E-state index in [2.05, 4.69) is 14.9 Å². The van der Waals surface area contributed by atoms with Crippen molar-refractivity contribution < 1.29 is 14.6 Å². The van der Waals surface area contributed by atoms with E-state index in [9.17, 15) is 5.11 Å². The number of hydrogen-bond acceptors (Lipinski definition) is 5. The number of aliphatic hydroxyl groups excluding tert-OH is 1. The first-order chi connectivity index (χ1) is 11.2. The highest BCUT2D eigenvalue weighted by Crippen LogP contribution is 2.38. The van der Waals surface area contributed by atoms with Crippen molar-refractivity contribution in [2.45, 2.75) is 25.5 Å². The van der Waals surface area contributed by atoms with Gasteiger partial charge in [0.1, 0.15) is 17.3 Å². The largest absolute Gasteiger partial charge is 0.496 e. The Morgan fingerprint density at radius 3 is 2.83 bits per heavy atom. The first kappa shape index (κ1) is 15.8. The minimum absolute atomic E-state index is 0.0147. The molecule has 0 aliphatic carbocycles. The average molecular weight is 317 g/mol. The molecule has 0 saturated carbocycles. The second-order valence-electron chi connectivity index (χ2n) is 5.76. The van der Waals surface area contributed by atoms with Gasteiger partial charge in [-0.25, -0.2) is 4.98 Å². The van der Waals surface area contributed by atoms with E-state index in [1.54, 1.807) is 20.4 Å². The molecule has 0 unspecified atom stereocenters. The van der Waals surface area contributed by atoms with Gasteiger partial charge >= 0.3 is 0 Å². The third kappa shape index (κ3) is 2.80. The predicted octanol–water partition coefficient (Wildman–Crippen LogP) is 1.77. The summed E-state index contributed by atoms with van der Waals surface area (Å²) in [5.74, 6) is 2.34. The van der Waals surface area contributed by atoms with Gasteiger partial charge in [-0.05, 0) is 32.0 Å². The van der Waals surface area contributed by atoms with Crippen molar-refractivity contribution in [2.24, 2.45) is 0 Å². The second kappa shape index (κ2) is 6.60. The lowest BCUT2D eigenvalue weighted by atomic mass is 10.0. The average Bonchev–Trinajstić information content (AvgIpc) is 3.04. The molecule has 1 aromatic heterocycles. The highest BCUT2D eigenvalue weighted by Gasteiger charge is 2.27. The molecule has 0 radical (unpaired) electrons. The van der Waals surface area contributed by atoms with Crippen LogP contribution in [0.5, 0.6) is 11.5 Å². The molecule has 3 rings (SSSR count). The number of imidazole rings is 1. The van der Waals surface area contributed by atoms with Crippen LogP contribution in [-0.2, 0) is 0 Å². The van der Waals surface area contributed by atoms with Crippen molar-refractivity contribution >= 4 is 0 Å². The summed E-state index contributed by atoms with van der Waals surface area (Å²) >= 11 is 0. The van der Waals surface area contributed by atoms with E-state index in [4.69, 9.17) is 9.47 Å². The quantitative estimate of drug-likeness (QED) is 0.899. The molecule has 0 spiro atoms. The molecule has 2 atom stereocenters. The molecule has 6 heteroatoms. The van der Waals surface area contributed by atoms with Crippen LogP contribution in [0.1, 0.15) is 18.0 Å². The van der Waals surface area contributed by atoms with Crippen LogP contribution in [0, 0.1) is 6.92 Å². The molecule has 1 fully saturated rings. The van der Waals surface area contributed by atoms with Gasteiger partial charge < -0.3 is 24.5 Å². The summed E-state index contributed by atoms with van der Waals surface area (Å²) in [5.41, 5.74) is 1.84. The molecule has 2 N–H and O–H groups in total. The van der Waals surface area contributed by atoms with Crippen LogP contribution < -0.4 is 14.8 Å². The number of ether oxygens (including phenoxy) is 2. The number of nitrogens with one attached hydrogen (secondary N) is 1. The fraction of sp³-hybridized carbons (Fsp3) is 0.471. The topological polar surface area (TPSA) is 68.5 Å². The smallest absolute Gasteiger partial charge is 0.144 e. The highest BCUT2D eigenvalue weighted by atomic mass is 16.5. The number of rotatable bonds is 4. The Morgan fingerprint density at radius 1 is 1.30 bits per heavy atom. The molecule has 2 heterocycles. The van der Waals surface area contributed by atoms with Gasteiger partial charge in [0.15, 0.2) is 0 Å². The molecule has 0 amide bonds. The van der Waals surface area contributed by atoms with Gasteiger partial charge in [0, 0.05) is 24.5 Å². The lowest BCUT2D eigenvalue weighted by molar-refractivity contribution is 0.0880. The van der Waals surface area contributed by atoms with Gasteiger partial charge in [0.2, 0.25) is 0 Å². The van der Waals surface area contributed by atoms with E-state index < -0.39 is 6.10 Å². The highest BCUT2D eigenvalue weighted by molar-refractivity contribution is 5.69. The molecule has 1 aromatic carbocycles. The lowest BCUT2D eigenvalue weighted by Gasteiger charge is -2.30. The van der Waals surface area contributed by atoms with Crippen molar-refractivity contribution in [3.63, 3.8) is 0 Å². The molecule has 0 bridgehead atoms. The van der Waals surface area contributed by atoms with Crippen LogP contribution in [0.3, 0.4) is 0 Å². The molecule has 1 saturated heterocycles. The van der Waals surface area contributed by atoms with Gasteiger partial charge in [0.25, 0.3) is 0 Å². The molecule has 1 aliphatic heterocycles. The van der Waals surface area contributed by atoms with E-state index in [0.29, 0.717) is 6.54 Å². The van der Waals surface area contributed by atoms with Crippen LogP contribution in [0.15, 0.2) is 24.5 Å². The Bertz CT molecular complexity index is 684. The van der Waals surface area contributed by atoms with Crippen molar-refractivity contribution in [1.29, 1.82) is 0 Å². The number of hydrogen-bond donors (Lipinski definition) is 2. The normalized spacial score (nSPS) is 21.2. The monoisotopic (exact) mass is 317 g/mol. The molecule has 124 valence electrons. The molecule has 6 nitrogen and oxygen atoms in total. The van der Waals surface area contributed by atoms with Crippen molar-refractivity contribution in [3.05, 3.63) is 30.1 Å². The number of methoxy groups -OCH3 is 2. The molecule has 23 heavy (non-hydrogen) atoms. The van der Waals surface area contributed by atoms with Crippen LogP contribution >= 0.6 is 0 Å². The van der Waals surface area contributed by atoms with E-state index in [1.807, 2.05) is 25.3 Å². The van der Waals surface area contributed by atoms with Gasteiger partial charge in [-0.3, -0.25) is 0 Å². The zero-order valence-corrected chi connectivity index (χ0v) is 13.7. The first-order valence-corrected chi connectivity index (χ1v) is 7.81. The summed E-state index contributed by atoms with van der Waals surface area (Å²) in [6.07, 6.45) is 4.13. The second-order valence-corrected chi connectivity index (χ2v) is 5.76. The standard InChI is InChI=1S/C17H23N3O3/c1-11-15(22-2)5-4-12(16(11)23-3)17-19-8-9-20(17)13-6-7-18-10-14(13)21/h4-5,8-9,13-14,18,21H,6-7,10H2,1-3H3/t13-,14-/m0/s1. The summed E-state index contributed by atoms with van der Waals surface area (Å²) in [4.78, 5) is 4.51. The number of piperidine rings is 1. The van der Waals surface area contributed by atoms with Crippen molar-refractivity contribution in [3.8, 4) is 22.9 Å². The van der Waals surface area contributed by atoms with E-state index in [0.717, 1.165) is 41.4 Å². The number of aliphatic hydroxyl groups is 1. The van der Waals surface area contributed by atoms with Gasteiger partial charge in [-0.15, -0.1) is 0 Å². The zero-order valence-electron chi connectivity index (χ0n) is 13.7. The zero-order chi connectivity index (χ0) is 16.4. The van der Waals surface area contributed by atoms with Crippen LogP contribution in [-0.4, -0.2) is 48.1 Å². The van der Waals surface area contributed by atoms with Crippen LogP contribution in [0.4, 0.5) is 0 Å². The summed E-state index contributed by atoms with van der Waals surface area (Å²) in [7, 11) is 3.30. The van der Waals surface area contributed by atoms with Gasteiger partial charge in [-0.2, -0.15) is 0 Å². The Kier molecular flexibility index (Phi) is 4.54. The van der Waals surface area contributed by atoms with Crippen molar-refractivity contribution in [2.75, 3.05) is 27.3 Å². The Hall–Kier alpha value is -2.05. The Labute approximate surface area is 136 Å². The summed E-state index contributed by atoms with van der Waals surface area (Å²) < 4.78 is 13.0. The number of benzene rings is 1. The number of aromatic nitrogens is 2. The van der Waals surface area contributed by atoms with E-state index in [-0.39, 0.29) is 6.04 Å². The minimum Gasteiger partial charge on any atom is -0.496 e. The third-order valence-corrected chi connectivity index (χ3v) is 4.46. The maximum absolute atomic E-state index is 10.3.